The third kappa shape index (κ3) is 5.01. The Hall–Kier alpha value is -1.14. The fraction of sp³-hybridized carbons (Fsp3) is 0.500. The number of nitrogens with zero attached hydrogens (tertiary/aromatic N) is 1. The van der Waals surface area contributed by atoms with Gasteiger partial charge in [0, 0.05) is 0 Å². The highest BCUT2D eigenvalue weighted by molar-refractivity contribution is 5.72. The van der Waals surface area contributed by atoms with E-state index in [-0.39, 0.29) is 13.1 Å². The van der Waals surface area contributed by atoms with Crippen LogP contribution in [0.1, 0.15) is 0 Å². The fourth-order valence-electron chi connectivity index (χ4n) is 0.438. The number of carboxylic acids is 2. The van der Waals surface area contributed by atoms with Gasteiger partial charge in [-0.3, -0.25) is 15.4 Å². The van der Waals surface area contributed by atoms with E-state index in [0.29, 0.717) is 0 Å². The van der Waals surface area contributed by atoms with Crippen molar-refractivity contribution in [1.82, 2.24) is 5.01 Å². The molecule has 6 heteroatoms. The van der Waals surface area contributed by atoms with Crippen LogP contribution in [0.25, 0.3) is 0 Å². The van der Waals surface area contributed by atoms with Gasteiger partial charge in [-0.1, -0.05) is 0 Å². The summed E-state index contributed by atoms with van der Waals surface area (Å²) in [6.45, 7) is -0.710. The summed E-state index contributed by atoms with van der Waals surface area (Å²) in [5.41, 5.74) is 0. The van der Waals surface area contributed by atoms with E-state index in [9.17, 15) is 9.59 Å². The molecular weight excluding hydrogens is 140 g/mol. The molecule has 0 saturated heterocycles. The Morgan fingerprint density at radius 2 is 1.50 bits per heavy atom. The van der Waals surface area contributed by atoms with Gasteiger partial charge < -0.3 is 10.2 Å². The van der Waals surface area contributed by atoms with E-state index in [4.69, 9.17) is 10.2 Å². The quantitative estimate of drug-likeness (QED) is 0.387. The molecule has 0 aromatic heterocycles. The topological polar surface area (TPSA) is 105 Å². The van der Waals surface area contributed by atoms with Gasteiger partial charge in [-0.2, -0.15) is 0 Å². The van der Waals surface area contributed by atoms with E-state index >= 15 is 0 Å². The second-order valence-electron chi connectivity index (χ2n) is 1.77. The normalized spacial score (nSPS) is 9.80. The Kier molecular flexibility index (Phi) is 3.37. The van der Waals surface area contributed by atoms with Crippen molar-refractivity contribution >= 4 is 11.9 Å². The van der Waals surface area contributed by atoms with Crippen LogP contribution < -0.4 is 5.84 Å². The second-order valence-corrected chi connectivity index (χ2v) is 1.77. The number of aliphatic carboxylic acids is 2. The van der Waals surface area contributed by atoms with Crippen molar-refractivity contribution in [2.24, 2.45) is 0 Å². The molecule has 5 N–H and O–H groups in total. The van der Waals surface area contributed by atoms with E-state index in [1.54, 1.807) is 0 Å². The maximum absolute atomic E-state index is 9.92. The Bertz CT molecular complexity index is 130. The number of hydrogen-bond donors (Lipinski definition) is 3. The number of rotatable bonds is 4. The lowest BCUT2D eigenvalue weighted by atomic mass is 10.5. The highest BCUT2D eigenvalue weighted by Gasteiger charge is 2.10. The molecule has 0 aliphatic heterocycles. The number of hydrogen-bond acceptors (Lipinski definition) is 3. The standard InChI is InChI=1S/C4H8N2O4/c5-6(1-3(7)8)2-4(9)10/h1-2,5H2,(H,7,8)(H,9,10)/p+1. The van der Waals surface area contributed by atoms with Crippen LogP contribution in [-0.2, 0) is 9.59 Å². The van der Waals surface area contributed by atoms with Crippen molar-refractivity contribution in [3.63, 3.8) is 0 Å². The predicted octanol–water partition coefficient (Wildman–Crippen LogP) is -2.39. The van der Waals surface area contributed by atoms with Gasteiger partial charge in [0.25, 0.3) is 0 Å². The van der Waals surface area contributed by atoms with E-state index in [2.05, 4.69) is 5.84 Å². The van der Waals surface area contributed by atoms with Gasteiger partial charge in [0.2, 0.25) is 0 Å². The summed E-state index contributed by atoms with van der Waals surface area (Å²) in [5, 5.41) is 17.2. The zero-order valence-electron chi connectivity index (χ0n) is 5.28. The molecule has 0 saturated carbocycles. The molecule has 0 rings (SSSR count). The number of carbonyl (C=O) groups is 2. The van der Waals surface area contributed by atoms with Crippen LogP contribution in [0.5, 0.6) is 0 Å². The molecule has 6 nitrogen and oxygen atoms in total. The van der Waals surface area contributed by atoms with E-state index in [0.717, 1.165) is 5.01 Å². The highest BCUT2D eigenvalue weighted by atomic mass is 16.4. The average Bonchev–Trinajstić information content (AvgIpc) is 1.58. The summed E-state index contributed by atoms with van der Waals surface area (Å²) >= 11 is 0. The molecule has 0 unspecified atom stereocenters. The zero-order valence-corrected chi connectivity index (χ0v) is 5.28. The van der Waals surface area contributed by atoms with E-state index < -0.39 is 11.9 Å². The molecule has 0 heterocycles. The smallest absolute Gasteiger partial charge is 0.323 e. The molecule has 0 aromatic carbocycles. The monoisotopic (exact) mass is 149 g/mol. The van der Waals surface area contributed by atoms with Crippen molar-refractivity contribution < 1.29 is 25.6 Å². The SMILES string of the molecule is [NH3+]N(CC(=O)O)CC(=O)O. The fourth-order valence-corrected chi connectivity index (χ4v) is 0.438. The lowest BCUT2D eigenvalue weighted by molar-refractivity contribution is -0.568. The molecule has 0 atom stereocenters. The molecular formula is C4H9N2O4+. The summed E-state index contributed by atoms with van der Waals surface area (Å²) in [5.74, 6) is 1.02. The van der Waals surface area contributed by atoms with Gasteiger partial charge >= 0.3 is 11.9 Å². The first-order chi connectivity index (χ1) is 4.52. The minimum Gasteiger partial charge on any atom is -0.480 e. The molecule has 0 radical (unpaired) electrons. The van der Waals surface area contributed by atoms with Crippen LogP contribution in [-0.4, -0.2) is 40.3 Å². The van der Waals surface area contributed by atoms with Gasteiger partial charge in [0.1, 0.15) is 13.1 Å². The minimum absolute atomic E-state index is 0.355. The molecule has 58 valence electrons. The van der Waals surface area contributed by atoms with E-state index in [1.807, 2.05) is 0 Å². The second kappa shape index (κ2) is 3.80. The van der Waals surface area contributed by atoms with Crippen LogP contribution in [0.15, 0.2) is 0 Å². The average molecular weight is 149 g/mol. The summed E-state index contributed by atoms with van der Waals surface area (Å²) in [4.78, 5) is 19.8. The predicted molar refractivity (Wildman–Crippen MR) is 29.7 cm³/mol. The number of quaternary nitrogens is 1. The summed E-state index contributed by atoms with van der Waals surface area (Å²) in [6.07, 6.45) is 0. The summed E-state index contributed by atoms with van der Waals surface area (Å²) < 4.78 is 0. The Balaban J connectivity index is 3.53. The lowest BCUT2D eigenvalue weighted by Crippen LogP contribution is -2.69. The Morgan fingerprint density at radius 1 is 1.20 bits per heavy atom. The van der Waals surface area contributed by atoms with Crippen molar-refractivity contribution in [3.05, 3.63) is 0 Å². The molecule has 0 aromatic rings. The van der Waals surface area contributed by atoms with Gasteiger partial charge in [0.05, 0.1) is 0 Å². The third-order valence-corrected chi connectivity index (χ3v) is 0.718. The minimum atomic E-state index is -1.09. The van der Waals surface area contributed by atoms with Crippen LogP contribution in [0.2, 0.25) is 0 Å². The Labute approximate surface area is 56.8 Å². The van der Waals surface area contributed by atoms with Gasteiger partial charge in [-0.15, -0.1) is 5.01 Å². The van der Waals surface area contributed by atoms with Crippen molar-refractivity contribution in [2.75, 3.05) is 13.1 Å². The molecule has 0 bridgehead atoms. The largest absolute Gasteiger partial charge is 0.480 e. The summed E-state index contributed by atoms with van der Waals surface area (Å²) in [6, 6.07) is 0. The highest BCUT2D eigenvalue weighted by Crippen LogP contribution is 1.73. The van der Waals surface area contributed by atoms with Crippen LogP contribution in [0.4, 0.5) is 0 Å². The molecule has 0 aliphatic carbocycles. The number of carboxylic acid groups (broad SMARTS) is 2. The molecule has 10 heavy (non-hydrogen) atoms. The van der Waals surface area contributed by atoms with Crippen molar-refractivity contribution in [1.29, 1.82) is 0 Å². The first-order valence-corrected chi connectivity index (χ1v) is 2.51. The Morgan fingerprint density at radius 3 is 1.70 bits per heavy atom. The van der Waals surface area contributed by atoms with Gasteiger partial charge in [-0.25, -0.2) is 0 Å². The first kappa shape index (κ1) is 8.86. The molecule has 0 spiro atoms. The van der Waals surface area contributed by atoms with Crippen LogP contribution >= 0.6 is 0 Å². The van der Waals surface area contributed by atoms with E-state index in [1.165, 1.54) is 0 Å². The van der Waals surface area contributed by atoms with Gasteiger partial charge in [-0.05, 0) is 0 Å². The molecule has 0 aliphatic rings. The lowest BCUT2D eigenvalue weighted by Gasteiger charge is -2.04. The van der Waals surface area contributed by atoms with Gasteiger partial charge in [0.15, 0.2) is 0 Å². The van der Waals surface area contributed by atoms with Crippen LogP contribution in [0.3, 0.4) is 0 Å². The summed E-state index contributed by atoms with van der Waals surface area (Å²) in [7, 11) is 0. The maximum atomic E-state index is 9.92. The third-order valence-electron chi connectivity index (χ3n) is 0.718. The van der Waals surface area contributed by atoms with Crippen LogP contribution in [0, 0.1) is 0 Å². The molecule has 0 fully saturated rings. The molecule has 0 amide bonds. The maximum Gasteiger partial charge on any atom is 0.323 e. The van der Waals surface area contributed by atoms with Crippen molar-refractivity contribution in [2.45, 2.75) is 0 Å². The first-order valence-electron chi connectivity index (χ1n) is 2.51. The van der Waals surface area contributed by atoms with Crippen molar-refractivity contribution in [3.8, 4) is 0 Å². The zero-order chi connectivity index (χ0) is 8.15.